The summed E-state index contributed by atoms with van der Waals surface area (Å²) < 4.78 is 8.08. The molecular weight excluding hydrogens is 432 g/mol. The maximum absolute atomic E-state index is 12.5. The highest BCUT2D eigenvalue weighted by Crippen LogP contribution is 2.28. The molecule has 0 saturated heterocycles. The van der Waals surface area contributed by atoms with E-state index in [9.17, 15) is 4.79 Å². The number of thioether (sulfide) groups is 1. The Kier molecular flexibility index (Phi) is 8.33. The van der Waals surface area contributed by atoms with Crippen molar-refractivity contribution in [3.05, 3.63) is 77.1 Å². The van der Waals surface area contributed by atoms with E-state index < -0.39 is 0 Å². The SMILES string of the molecule is C=CCn1c(COc2cc(C)ccc2C(C)C)nnc1SCC(=O)Nc1cc(C)cc(C)c1. The van der Waals surface area contributed by atoms with Gasteiger partial charge in [0.2, 0.25) is 5.91 Å². The Bertz CT molecular complexity index is 1120. The van der Waals surface area contributed by atoms with Crippen molar-refractivity contribution in [1.29, 1.82) is 0 Å². The molecule has 0 aliphatic rings. The first-order chi connectivity index (χ1) is 15.8. The Morgan fingerprint density at radius 1 is 1.12 bits per heavy atom. The molecule has 3 rings (SSSR count). The molecule has 0 aliphatic heterocycles. The van der Waals surface area contributed by atoms with Crippen LogP contribution in [0, 0.1) is 20.8 Å². The van der Waals surface area contributed by atoms with Crippen molar-refractivity contribution in [3.8, 4) is 5.75 Å². The van der Waals surface area contributed by atoms with Crippen molar-refractivity contribution in [2.24, 2.45) is 0 Å². The average Bonchev–Trinajstić information content (AvgIpc) is 3.11. The van der Waals surface area contributed by atoms with Gasteiger partial charge in [-0.3, -0.25) is 9.36 Å². The second kappa shape index (κ2) is 11.2. The van der Waals surface area contributed by atoms with E-state index in [1.54, 1.807) is 6.08 Å². The Morgan fingerprint density at radius 2 is 1.85 bits per heavy atom. The molecule has 174 valence electrons. The van der Waals surface area contributed by atoms with Crippen LogP contribution in [0.2, 0.25) is 0 Å². The summed E-state index contributed by atoms with van der Waals surface area (Å²) in [5.74, 6) is 2.06. The Hall–Kier alpha value is -3.06. The lowest BCUT2D eigenvalue weighted by Crippen LogP contribution is -2.15. The third kappa shape index (κ3) is 6.71. The highest BCUT2D eigenvalue weighted by molar-refractivity contribution is 7.99. The number of carbonyl (C=O) groups is 1. The fraction of sp³-hybridized carbons (Fsp3) is 0.346. The molecule has 0 bridgehead atoms. The van der Waals surface area contributed by atoms with E-state index >= 15 is 0 Å². The summed E-state index contributed by atoms with van der Waals surface area (Å²) in [5.41, 5.74) is 5.34. The van der Waals surface area contributed by atoms with Crippen LogP contribution in [-0.4, -0.2) is 26.4 Å². The highest BCUT2D eigenvalue weighted by atomic mass is 32.2. The second-order valence-electron chi connectivity index (χ2n) is 8.50. The summed E-state index contributed by atoms with van der Waals surface area (Å²) in [4.78, 5) is 12.5. The number of carbonyl (C=O) groups excluding carboxylic acids is 1. The lowest BCUT2D eigenvalue weighted by molar-refractivity contribution is -0.113. The van der Waals surface area contributed by atoms with Gasteiger partial charge >= 0.3 is 0 Å². The number of hydrogen-bond donors (Lipinski definition) is 1. The van der Waals surface area contributed by atoms with Gasteiger partial charge in [-0.05, 0) is 67.1 Å². The Labute approximate surface area is 200 Å². The van der Waals surface area contributed by atoms with Crippen molar-refractivity contribution >= 4 is 23.4 Å². The number of allylic oxidation sites excluding steroid dienone is 1. The molecule has 1 heterocycles. The van der Waals surface area contributed by atoms with Gasteiger partial charge in [-0.15, -0.1) is 16.8 Å². The van der Waals surface area contributed by atoms with Gasteiger partial charge in [-0.25, -0.2) is 0 Å². The predicted molar refractivity (Wildman–Crippen MR) is 135 cm³/mol. The van der Waals surface area contributed by atoms with Gasteiger partial charge in [-0.1, -0.05) is 49.9 Å². The van der Waals surface area contributed by atoms with Crippen LogP contribution in [-0.2, 0) is 17.9 Å². The van der Waals surface area contributed by atoms with E-state index in [0.29, 0.717) is 30.1 Å². The van der Waals surface area contributed by atoms with Gasteiger partial charge in [0.05, 0.1) is 5.75 Å². The highest BCUT2D eigenvalue weighted by Gasteiger charge is 2.16. The number of nitrogens with zero attached hydrogens (tertiary/aromatic N) is 3. The van der Waals surface area contributed by atoms with E-state index in [4.69, 9.17) is 4.74 Å². The van der Waals surface area contributed by atoms with Crippen LogP contribution in [0.5, 0.6) is 5.75 Å². The molecule has 0 radical (unpaired) electrons. The molecule has 0 fully saturated rings. The van der Waals surface area contributed by atoms with E-state index in [-0.39, 0.29) is 11.7 Å². The summed E-state index contributed by atoms with van der Waals surface area (Å²) >= 11 is 1.35. The topological polar surface area (TPSA) is 69.0 Å². The zero-order valence-electron chi connectivity index (χ0n) is 20.0. The third-order valence-corrected chi connectivity index (χ3v) is 6.06. The molecule has 33 heavy (non-hydrogen) atoms. The summed E-state index contributed by atoms with van der Waals surface area (Å²) in [6.45, 7) is 15.1. The number of rotatable bonds is 10. The van der Waals surface area contributed by atoms with Crippen LogP contribution >= 0.6 is 11.8 Å². The van der Waals surface area contributed by atoms with Crippen LogP contribution in [0.15, 0.2) is 54.2 Å². The first-order valence-electron chi connectivity index (χ1n) is 11.0. The number of nitrogens with one attached hydrogen (secondary N) is 1. The molecule has 1 aromatic heterocycles. The van der Waals surface area contributed by atoms with Gasteiger partial charge < -0.3 is 10.1 Å². The number of ether oxygens (including phenoxy) is 1. The van der Waals surface area contributed by atoms with Crippen LogP contribution in [0.3, 0.4) is 0 Å². The number of hydrogen-bond acceptors (Lipinski definition) is 5. The normalized spacial score (nSPS) is 11.0. The number of amides is 1. The van der Waals surface area contributed by atoms with Crippen LogP contribution < -0.4 is 10.1 Å². The van der Waals surface area contributed by atoms with Gasteiger partial charge in [0, 0.05) is 12.2 Å². The minimum atomic E-state index is -0.0858. The minimum absolute atomic E-state index is 0.0858. The number of aromatic nitrogens is 3. The summed E-state index contributed by atoms with van der Waals surface area (Å²) in [6, 6.07) is 12.3. The van der Waals surface area contributed by atoms with Gasteiger partial charge in [0.25, 0.3) is 0 Å². The van der Waals surface area contributed by atoms with E-state index in [1.165, 1.54) is 11.8 Å². The number of benzene rings is 2. The van der Waals surface area contributed by atoms with Crippen molar-refractivity contribution in [3.63, 3.8) is 0 Å². The molecule has 0 saturated carbocycles. The molecule has 0 spiro atoms. The number of aryl methyl sites for hydroxylation is 3. The Morgan fingerprint density at radius 3 is 2.52 bits per heavy atom. The molecule has 0 aliphatic carbocycles. The van der Waals surface area contributed by atoms with Gasteiger partial charge in [-0.2, -0.15) is 0 Å². The predicted octanol–water partition coefficient (Wildman–Crippen LogP) is 5.82. The zero-order valence-corrected chi connectivity index (χ0v) is 20.8. The quantitative estimate of drug-likeness (QED) is 0.302. The van der Waals surface area contributed by atoms with E-state index in [1.807, 2.05) is 30.5 Å². The van der Waals surface area contributed by atoms with Gasteiger partial charge in [0.15, 0.2) is 11.0 Å². The van der Waals surface area contributed by atoms with Crippen LogP contribution in [0.1, 0.15) is 47.8 Å². The molecule has 3 aromatic rings. The Balaban J connectivity index is 1.67. The molecule has 7 heteroatoms. The van der Waals surface area contributed by atoms with Crippen molar-refractivity contribution in [2.75, 3.05) is 11.1 Å². The number of anilines is 1. The molecule has 0 unspecified atom stereocenters. The first-order valence-corrected chi connectivity index (χ1v) is 12.0. The fourth-order valence-corrected chi connectivity index (χ4v) is 4.37. The molecule has 1 amide bonds. The van der Waals surface area contributed by atoms with Crippen molar-refractivity contribution < 1.29 is 9.53 Å². The maximum Gasteiger partial charge on any atom is 0.234 e. The summed E-state index contributed by atoms with van der Waals surface area (Å²) in [5, 5.41) is 12.2. The second-order valence-corrected chi connectivity index (χ2v) is 9.44. The average molecular weight is 465 g/mol. The first kappa shape index (κ1) is 24.6. The summed E-state index contributed by atoms with van der Waals surface area (Å²) in [7, 11) is 0. The van der Waals surface area contributed by atoms with Crippen LogP contribution in [0.4, 0.5) is 5.69 Å². The van der Waals surface area contributed by atoms with Crippen LogP contribution in [0.25, 0.3) is 0 Å². The molecule has 0 atom stereocenters. The maximum atomic E-state index is 12.5. The smallest absolute Gasteiger partial charge is 0.234 e. The largest absolute Gasteiger partial charge is 0.485 e. The molecule has 6 nitrogen and oxygen atoms in total. The van der Waals surface area contributed by atoms with Crippen molar-refractivity contribution in [1.82, 2.24) is 14.8 Å². The van der Waals surface area contributed by atoms with Gasteiger partial charge in [0.1, 0.15) is 12.4 Å². The lowest BCUT2D eigenvalue weighted by Gasteiger charge is -2.15. The van der Waals surface area contributed by atoms with E-state index in [2.05, 4.69) is 67.1 Å². The van der Waals surface area contributed by atoms with Crippen molar-refractivity contribution in [2.45, 2.75) is 58.8 Å². The minimum Gasteiger partial charge on any atom is -0.485 e. The third-order valence-electron chi connectivity index (χ3n) is 5.09. The standard InChI is InChI=1S/C26H32N4O2S/c1-7-10-30-24(15-32-23-14-18(4)8-9-22(23)17(2)3)28-29-26(30)33-16-25(31)27-21-12-19(5)11-20(6)13-21/h7-9,11-14,17H,1,10,15-16H2,2-6H3,(H,27,31). The monoisotopic (exact) mass is 464 g/mol. The molecule has 1 N–H and O–H groups in total. The van der Waals surface area contributed by atoms with E-state index in [0.717, 1.165) is 33.7 Å². The zero-order chi connectivity index (χ0) is 24.0. The summed E-state index contributed by atoms with van der Waals surface area (Å²) in [6.07, 6.45) is 1.79. The fourth-order valence-electron chi connectivity index (χ4n) is 3.60. The molecular formula is C26H32N4O2S. The molecule has 2 aromatic carbocycles. The lowest BCUT2D eigenvalue weighted by atomic mass is 10.0.